The van der Waals surface area contributed by atoms with Crippen LogP contribution in [0.2, 0.25) is 0 Å². The van der Waals surface area contributed by atoms with E-state index in [1.165, 1.54) is 25.3 Å². The molecule has 2 rings (SSSR count). The summed E-state index contributed by atoms with van der Waals surface area (Å²) in [7, 11) is 1.22. The molecule has 0 fully saturated rings. The summed E-state index contributed by atoms with van der Waals surface area (Å²) in [5.41, 5.74) is 0.127. The van der Waals surface area contributed by atoms with Gasteiger partial charge in [-0.2, -0.15) is 0 Å². The summed E-state index contributed by atoms with van der Waals surface area (Å²) in [4.78, 5) is 23.6. The first-order valence-corrected chi connectivity index (χ1v) is 6.00. The van der Waals surface area contributed by atoms with Crippen molar-refractivity contribution in [2.24, 2.45) is 0 Å². The van der Waals surface area contributed by atoms with Crippen LogP contribution >= 0.6 is 0 Å². The Morgan fingerprint density at radius 3 is 2.52 bits per heavy atom. The summed E-state index contributed by atoms with van der Waals surface area (Å²) in [6.45, 7) is 0. The molecule has 2 N–H and O–H groups in total. The predicted octanol–water partition coefficient (Wildman–Crippen LogP) is 2.57. The molecule has 0 aliphatic rings. The van der Waals surface area contributed by atoms with Gasteiger partial charge >= 0.3 is 5.97 Å². The van der Waals surface area contributed by atoms with Crippen LogP contribution in [0.15, 0.2) is 42.5 Å². The molecule has 0 atom stereocenters. The minimum absolute atomic E-state index is 0.160. The smallest absolute Gasteiger partial charge is 0.339 e. The molecule has 1 amide bonds. The third kappa shape index (κ3) is 3.17. The molecule has 0 saturated carbocycles. The van der Waals surface area contributed by atoms with Crippen molar-refractivity contribution in [3.63, 3.8) is 0 Å². The molecule has 0 unspecified atom stereocenters. The van der Waals surface area contributed by atoms with Gasteiger partial charge in [-0.15, -0.1) is 0 Å². The number of para-hydroxylation sites is 1. The van der Waals surface area contributed by atoms with E-state index in [4.69, 9.17) is 5.11 Å². The average molecular weight is 289 g/mol. The largest absolute Gasteiger partial charge is 0.508 e. The molecular formula is C15H12FNO4. The Labute approximate surface area is 120 Å². The van der Waals surface area contributed by atoms with Crippen molar-refractivity contribution in [3.05, 3.63) is 59.4 Å². The molecular weight excluding hydrogens is 277 g/mol. The number of carbonyl (C=O) groups is 2. The Balaban J connectivity index is 2.30. The lowest BCUT2D eigenvalue weighted by Gasteiger charge is -2.10. The van der Waals surface area contributed by atoms with E-state index in [-0.39, 0.29) is 22.6 Å². The van der Waals surface area contributed by atoms with Gasteiger partial charge < -0.3 is 15.2 Å². The highest BCUT2D eigenvalue weighted by molar-refractivity contribution is 6.08. The number of phenolic OH excluding ortho intramolecular Hbond substituents is 1. The Morgan fingerprint density at radius 2 is 1.86 bits per heavy atom. The van der Waals surface area contributed by atoms with Gasteiger partial charge in [0.2, 0.25) is 0 Å². The number of hydrogen-bond donors (Lipinski definition) is 2. The van der Waals surface area contributed by atoms with E-state index in [2.05, 4.69) is 10.1 Å². The molecule has 0 aliphatic heterocycles. The van der Waals surface area contributed by atoms with E-state index in [0.29, 0.717) is 0 Å². The zero-order valence-corrected chi connectivity index (χ0v) is 11.1. The Hall–Kier alpha value is -2.89. The topological polar surface area (TPSA) is 75.6 Å². The Bertz CT molecular complexity index is 700. The molecule has 0 bridgehead atoms. The summed E-state index contributed by atoms with van der Waals surface area (Å²) in [5.74, 6) is -2.48. The number of amides is 1. The highest BCUT2D eigenvalue weighted by atomic mass is 19.1. The number of carbonyl (C=O) groups excluding carboxylic acids is 2. The first kappa shape index (κ1) is 14.5. The van der Waals surface area contributed by atoms with Crippen LogP contribution in [0.1, 0.15) is 20.7 Å². The maximum atomic E-state index is 13.6. The van der Waals surface area contributed by atoms with Crippen molar-refractivity contribution in [3.8, 4) is 5.75 Å². The normalized spacial score (nSPS) is 10.0. The summed E-state index contributed by atoms with van der Waals surface area (Å²) in [6, 6.07) is 9.40. The van der Waals surface area contributed by atoms with Gasteiger partial charge in [0.15, 0.2) is 0 Å². The fraction of sp³-hybridized carbons (Fsp3) is 0.0667. The fourth-order valence-electron chi connectivity index (χ4n) is 1.76. The number of hydrogen-bond acceptors (Lipinski definition) is 4. The number of nitrogens with one attached hydrogen (secondary N) is 1. The van der Waals surface area contributed by atoms with Crippen LogP contribution < -0.4 is 5.32 Å². The highest BCUT2D eigenvalue weighted by Gasteiger charge is 2.16. The molecule has 21 heavy (non-hydrogen) atoms. The first-order valence-electron chi connectivity index (χ1n) is 6.00. The highest BCUT2D eigenvalue weighted by Crippen LogP contribution is 2.19. The lowest BCUT2D eigenvalue weighted by atomic mass is 10.1. The van der Waals surface area contributed by atoms with E-state index < -0.39 is 17.7 Å². The number of methoxy groups -OCH3 is 1. The number of esters is 1. The van der Waals surface area contributed by atoms with Crippen molar-refractivity contribution in [1.29, 1.82) is 0 Å². The van der Waals surface area contributed by atoms with Crippen LogP contribution in [0, 0.1) is 5.82 Å². The van der Waals surface area contributed by atoms with E-state index in [1.54, 1.807) is 12.1 Å². The molecule has 0 aromatic heterocycles. The maximum absolute atomic E-state index is 13.6. The zero-order valence-electron chi connectivity index (χ0n) is 11.1. The quantitative estimate of drug-likeness (QED) is 0.851. The Kier molecular flexibility index (Phi) is 4.18. The average Bonchev–Trinajstić information content (AvgIpc) is 2.46. The number of anilines is 1. The van der Waals surface area contributed by atoms with Gasteiger partial charge in [0.05, 0.1) is 23.9 Å². The van der Waals surface area contributed by atoms with Gasteiger partial charge in [-0.1, -0.05) is 12.1 Å². The van der Waals surface area contributed by atoms with Crippen molar-refractivity contribution in [1.82, 2.24) is 0 Å². The summed E-state index contributed by atoms with van der Waals surface area (Å²) in [5, 5.41) is 11.6. The standard InChI is InChI=1S/C15H12FNO4/c1-21-15(20)11-4-2-3-5-13(11)17-14(19)10-7-6-9(18)8-12(10)16/h2-8,18H,1H3,(H,17,19). The number of ether oxygens (including phenoxy) is 1. The minimum atomic E-state index is -0.858. The molecule has 0 spiro atoms. The second-order valence-electron chi connectivity index (χ2n) is 4.16. The van der Waals surface area contributed by atoms with E-state index in [9.17, 15) is 14.0 Å². The van der Waals surface area contributed by atoms with Gasteiger partial charge in [0, 0.05) is 6.07 Å². The van der Waals surface area contributed by atoms with Crippen LogP contribution in [0.3, 0.4) is 0 Å². The molecule has 6 heteroatoms. The number of halogens is 1. The second kappa shape index (κ2) is 6.04. The number of phenols is 1. The van der Waals surface area contributed by atoms with Crippen LogP contribution in [-0.4, -0.2) is 24.1 Å². The molecule has 2 aromatic rings. The summed E-state index contributed by atoms with van der Waals surface area (Å²) < 4.78 is 18.2. The molecule has 0 heterocycles. The van der Waals surface area contributed by atoms with Gasteiger partial charge in [-0.05, 0) is 24.3 Å². The van der Waals surface area contributed by atoms with E-state index in [0.717, 1.165) is 12.1 Å². The molecule has 0 aliphatic carbocycles. The van der Waals surface area contributed by atoms with E-state index in [1.807, 2.05) is 0 Å². The SMILES string of the molecule is COC(=O)c1ccccc1NC(=O)c1ccc(O)cc1F. The maximum Gasteiger partial charge on any atom is 0.339 e. The fourth-order valence-corrected chi connectivity index (χ4v) is 1.76. The van der Waals surface area contributed by atoms with Crippen LogP contribution in [0.25, 0.3) is 0 Å². The third-order valence-electron chi connectivity index (χ3n) is 2.78. The lowest BCUT2D eigenvalue weighted by molar-refractivity contribution is 0.0602. The molecule has 5 nitrogen and oxygen atoms in total. The summed E-state index contributed by atoms with van der Waals surface area (Å²) in [6.07, 6.45) is 0. The molecule has 108 valence electrons. The number of benzene rings is 2. The van der Waals surface area contributed by atoms with Crippen LogP contribution in [0.5, 0.6) is 5.75 Å². The second-order valence-corrected chi connectivity index (χ2v) is 4.16. The minimum Gasteiger partial charge on any atom is -0.508 e. The third-order valence-corrected chi connectivity index (χ3v) is 2.78. The number of rotatable bonds is 3. The van der Waals surface area contributed by atoms with Crippen LogP contribution in [0.4, 0.5) is 10.1 Å². The number of aromatic hydroxyl groups is 1. The Morgan fingerprint density at radius 1 is 1.14 bits per heavy atom. The molecule has 0 radical (unpaired) electrons. The van der Waals surface area contributed by atoms with E-state index >= 15 is 0 Å². The van der Waals surface area contributed by atoms with Crippen molar-refractivity contribution >= 4 is 17.6 Å². The summed E-state index contributed by atoms with van der Waals surface area (Å²) >= 11 is 0. The van der Waals surface area contributed by atoms with Gasteiger partial charge in [-0.25, -0.2) is 9.18 Å². The predicted molar refractivity (Wildman–Crippen MR) is 73.8 cm³/mol. The van der Waals surface area contributed by atoms with Gasteiger partial charge in [0.1, 0.15) is 11.6 Å². The van der Waals surface area contributed by atoms with Crippen molar-refractivity contribution in [2.75, 3.05) is 12.4 Å². The van der Waals surface area contributed by atoms with Crippen molar-refractivity contribution in [2.45, 2.75) is 0 Å². The van der Waals surface area contributed by atoms with Gasteiger partial charge in [-0.3, -0.25) is 4.79 Å². The van der Waals surface area contributed by atoms with Crippen LogP contribution in [-0.2, 0) is 4.74 Å². The first-order chi connectivity index (χ1) is 10.0. The molecule has 2 aromatic carbocycles. The molecule has 0 saturated heterocycles. The lowest BCUT2D eigenvalue weighted by Crippen LogP contribution is -2.16. The zero-order chi connectivity index (χ0) is 15.4. The van der Waals surface area contributed by atoms with Gasteiger partial charge in [0.25, 0.3) is 5.91 Å². The monoisotopic (exact) mass is 289 g/mol. The van der Waals surface area contributed by atoms with Crippen molar-refractivity contribution < 1.29 is 23.8 Å².